The zero-order valence-corrected chi connectivity index (χ0v) is 18.4. The Morgan fingerprint density at radius 2 is 1.87 bits per heavy atom. The van der Waals surface area contributed by atoms with Gasteiger partial charge in [0.05, 0.1) is 0 Å². The van der Waals surface area contributed by atoms with Gasteiger partial charge in [0.2, 0.25) is 5.91 Å². The minimum atomic E-state index is 0.0221. The van der Waals surface area contributed by atoms with E-state index in [2.05, 4.69) is 44.7 Å². The summed E-state index contributed by atoms with van der Waals surface area (Å²) in [7, 11) is 0. The maximum atomic E-state index is 12.8. The van der Waals surface area contributed by atoms with Crippen molar-refractivity contribution in [2.75, 3.05) is 23.3 Å². The zero-order valence-electron chi connectivity index (χ0n) is 18.4. The topological polar surface area (TPSA) is 75.9 Å². The highest BCUT2D eigenvalue weighted by atomic mass is 16.1. The number of anilines is 2. The molecule has 1 fully saturated rings. The first-order valence-electron chi connectivity index (χ1n) is 11.4. The molecule has 31 heavy (non-hydrogen) atoms. The van der Waals surface area contributed by atoms with E-state index in [1.807, 2.05) is 12.1 Å². The number of amides is 1. The highest BCUT2D eigenvalue weighted by Crippen LogP contribution is 2.29. The number of rotatable bonds is 3. The average Bonchev–Trinajstić information content (AvgIpc) is 2.97. The molecule has 2 aliphatic heterocycles. The molecule has 2 aliphatic rings. The standard InChI is InChI=1S/C24H30N6O/c1-16-7-8-19(14-17(16)2)27-24(31)18-9-12-29(13-10-18)22-21-23(26-15-25-22)30-11-5-3-4-6-20(30)28-21/h7-8,14-15,18H,3-6,9-13H2,1-2H3,(H,27,31). The van der Waals surface area contributed by atoms with Gasteiger partial charge < -0.3 is 14.8 Å². The lowest BCUT2D eigenvalue weighted by molar-refractivity contribution is -0.120. The number of hydrogen-bond donors (Lipinski definition) is 1. The predicted molar refractivity (Wildman–Crippen MR) is 122 cm³/mol. The van der Waals surface area contributed by atoms with Crippen LogP contribution in [0.1, 0.15) is 49.1 Å². The third kappa shape index (κ3) is 3.89. The molecule has 0 spiro atoms. The second-order valence-electron chi connectivity index (χ2n) is 8.91. The van der Waals surface area contributed by atoms with Crippen molar-refractivity contribution in [3.8, 4) is 0 Å². The van der Waals surface area contributed by atoms with Gasteiger partial charge in [-0.15, -0.1) is 0 Å². The minimum absolute atomic E-state index is 0.0221. The molecule has 7 nitrogen and oxygen atoms in total. The second kappa shape index (κ2) is 8.29. The summed E-state index contributed by atoms with van der Waals surface area (Å²) in [5.74, 6) is 2.19. The first kappa shape index (κ1) is 20.0. The molecule has 1 saturated heterocycles. The van der Waals surface area contributed by atoms with E-state index in [4.69, 9.17) is 4.98 Å². The van der Waals surface area contributed by atoms with Crippen molar-refractivity contribution in [1.29, 1.82) is 0 Å². The maximum Gasteiger partial charge on any atom is 0.227 e. The van der Waals surface area contributed by atoms with Crippen molar-refractivity contribution in [3.05, 3.63) is 41.5 Å². The molecule has 2 aromatic heterocycles. The second-order valence-corrected chi connectivity index (χ2v) is 8.91. The van der Waals surface area contributed by atoms with E-state index in [-0.39, 0.29) is 11.8 Å². The number of imidazole rings is 1. The van der Waals surface area contributed by atoms with Crippen LogP contribution >= 0.6 is 0 Å². The Labute approximate surface area is 182 Å². The van der Waals surface area contributed by atoms with Gasteiger partial charge in [0.15, 0.2) is 17.0 Å². The normalized spacial score (nSPS) is 17.4. The van der Waals surface area contributed by atoms with Crippen molar-refractivity contribution < 1.29 is 4.79 Å². The summed E-state index contributed by atoms with van der Waals surface area (Å²) >= 11 is 0. The van der Waals surface area contributed by atoms with Crippen LogP contribution in [-0.4, -0.2) is 38.5 Å². The highest BCUT2D eigenvalue weighted by molar-refractivity contribution is 5.93. The van der Waals surface area contributed by atoms with Crippen molar-refractivity contribution in [2.24, 2.45) is 5.92 Å². The first-order valence-corrected chi connectivity index (χ1v) is 11.4. The number of aryl methyl sites for hydroxylation is 4. The van der Waals surface area contributed by atoms with Crippen molar-refractivity contribution in [1.82, 2.24) is 19.5 Å². The number of benzene rings is 1. The number of nitrogens with one attached hydrogen (secondary N) is 1. The summed E-state index contributed by atoms with van der Waals surface area (Å²) in [5, 5.41) is 3.10. The quantitative estimate of drug-likeness (QED) is 0.695. The van der Waals surface area contributed by atoms with Crippen molar-refractivity contribution in [2.45, 2.75) is 58.9 Å². The van der Waals surface area contributed by atoms with Crippen LogP contribution in [0, 0.1) is 19.8 Å². The Morgan fingerprint density at radius 3 is 2.68 bits per heavy atom. The third-order valence-corrected chi connectivity index (χ3v) is 6.81. The molecule has 0 radical (unpaired) electrons. The largest absolute Gasteiger partial charge is 0.355 e. The lowest BCUT2D eigenvalue weighted by Gasteiger charge is -2.32. The SMILES string of the molecule is Cc1ccc(NC(=O)C2CCN(c3ncnc4c3nc3n4CCCCC3)CC2)cc1C. The molecule has 5 rings (SSSR count). The molecule has 1 amide bonds. The van der Waals surface area contributed by atoms with E-state index >= 15 is 0 Å². The summed E-state index contributed by atoms with van der Waals surface area (Å²) in [4.78, 5) is 29.2. The summed E-state index contributed by atoms with van der Waals surface area (Å²) in [5.41, 5.74) is 5.18. The fourth-order valence-corrected chi connectivity index (χ4v) is 4.77. The lowest BCUT2D eigenvalue weighted by Crippen LogP contribution is -2.38. The predicted octanol–water partition coefficient (Wildman–Crippen LogP) is 4.02. The number of piperidine rings is 1. The number of hydrogen-bond acceptors (Lipinski definition) is 5. The summed E-state index contributed by atoms with van der Waals surface area (Å²) in [6.45, 7) is 6.75. The lowest BCUT2D eigenvalue weighted by atomic mass is 9.95. The van der Waals surface area contributed by atoms with Gasteiger partial charge in [0.25, 0.3) is 0 Å². The van der Waals surface area contributed by atoms with Crippen LogP contribution in [0.5, 0.6) is 0 Å². The highest BCUT2D eigenvalue weighted by Gasteiger charge is 2.28. The molecule has 0 aliphatic carbocycles. The molecule has 4 heterocycles. The monoisotopic (exact) mass is 418 g/mol. The van der Waals surface area contributed by atoms with E-state index in [9.17, 15) is 4.79 Å². The maximum absolute atomic E-state index is 12.8. The van der Waals surface area contributed by atoms with Gasteiger partial charge in [-0.05, 0) is 62.8 Å². The first-order chi connectivity index (χ1) is 15.1. The van der Waals surface area contributed by atoms with E-state index in [1.165, 1.54) is 30.4 Å². The van der Waals surface area contributed by atoms with E-state index < -0.39 is 0 Å². The van der Waals surface area contributed by atoms with E-state index in [1.54, 1.807) is 6.33 Å². The van der Waals surface area contributed by atoms with Crippen LogP contribution < -0.4 is 10.2 Å². The zero-order chi connectivity index (χ0) is 21.4. The van der Waals surface area contributed by atoms with Crippen LogP contribution in [0.2, 0.25) is 0 Å². The Hall–Kier alpha value is -2.96. The van der Waals surface area contributed by atoms with Crippen LogP contribution in [0.15, 0.2) is 24.5 Å². The molecule has 7 heteroatoms. The molecular weight excluding hydrogens is 388 g/mol. The number of nitrogens with zero attached hydrogens (tertiary/aromatic N) is 5. The molecule has 0 atom stereocenters. The number of carbonyl (C=O) groups excluding carboxylic acids is 1. The van der Waals surface area contributed by atoms with Gasteiger partial charge in [0, 0.05) is 37.7 Å². The number of fused-ring (bicyclic) bond motifs is 3. The number of aromatic nitrogens is 4. The van der Waals surface area contributed by atoms with Gasteiger partial charge >= 0.3 is 0 Å². The average molecular weight is 419 g/mol. The Morgan fingerprint density at radius 1 is 1.03 bits per heavy atom. The smallest absolute Gasteiger partial charge is 0.227 e. The fraction of sp³-hybridized carbons (Fsp3) is 0.500. The van der Waals surface area contributed by atoms with E-state index in [0.29, 0.717) is 0 Å². The summed E-state index contributed by atoms with van der Waals surface area (Å²) in [6, 6.07) is 6.08. The van der Waals surface area contributed by atoms with Gasteiger partial charge in [0.1, 0.15) is 12.2 Å². The van der Waals surface area contributed by atoms with Gasteiger partial charge in [-0.2, -0.15) is 0 Å². The minimum Gasteiger partial charge on any atom is -0.355 e. The molecule has 162 valence electrons. The van der Waals surface area contributed by atoms with Crippen LogP contribution in [-0.2, 0) is 17.8 Å². The van der Waals surface area contributed by atoms with Crippen LogP contribution in [0.25, 0.3) is 11.2 Å². The summed E-state index contributed by atoms with van der Waals surface area (Å²) in [6.07, 6.45) is 7.92. The van der Waals surface area contributed by atoms with Gasteiger partial charge in [-0.25, -0.2) is 15.0 Å². The van der Waals surface area contributed by atoms with Crippen LogP contribution in [0.4, 0.5) is 11.5 Å². The summed E-state index contributed by atoms with van der Waals surface area (Å²) < 4.78 is 2.28. The Kier molecular flexibility index (Phi) is 5.34. The molecule has 0 unspecified atom stereocenters. The Balaban J connectivity index is 1.29. The third-order valence-electron chi connectivity index (χ3n) is 6.81. The van der Waals surface area contributed by atoms with Crippen LogP contribution in [0.3, 0.4) is 0 Å². The molecular formula is C24H30N6O. The molecule has 0 bridgehead atoms. The Bertz CT molecular complexity index is 1110. The van der Waals surface area contributed by atoms with Gasteiger partial charge in [-0.1, -0.05) is 12.5 Å². The number of carbonyl (C=O) groups is 1. The fourth-order valence-electron chi connectivity index (χ4n) is 4.77. The molecule has 1 aromatic carbocycles. The van der Waals surface area contributed by atoms with Crippen molar-refractivity contribution in [3.63, 3.8) is 0 Å². The van der Waals surface area contributed by atoms with Gasteiger partial charge in [-0.3, -0.25) is 4.79 Å². The molecule has 0 saturated carbocycles. The van der Waals surface area contributed by atoms with Crippen molar-refractivity contribution >= 4 is 28.6 Å². The molecule has 3 aromatic rings. The van der Waals surface area contributed by atoms with E-state index in [0.717, 1.165) is 67.4 Å². The molecule has 1 N–H and O–H groups in total.